The largest absolute Gasteiger partial charge is 0.486 e. The lowest BCUT2D eigenvalue weighted by molar-refractivity contribution is -0.119. The lowest BCUT2D eigenvalue weighted by atomic mass is 10.2. The lowest BCUT2D eigenvalue weighted by Gasteiger charge is -2.25. The minimum atomic E-state index is -4.14. The Kier molecular flexibility index (Phi) is 8.46. The molecule has 2 heterocycles. The fourth-order valence-electron chi connectivity index (χ4n) is 4.31. The van der Waals surface area contributed by atoms with Gasteiger partial charge in [0, 0.05) is 12.6 Å². The molecule has 190 valence electrons. The summed E-state index contributed by atoms with van der Waals surface area (Å²) in [5.41, 5.74) is 0.195. The summed E-state index contributed by atoms with van der Waals surface area (Å²) in [5, 5.41) is 2.83. The Labute approximate surface area is 206 Å². The van der Waals surface area contributed by atoms with Crippen molar-refractivity contribution in [3.05, 3.63) is 48.3 Å². The number of fused-ring (bicyclic) bond motifs is 1. The van der Waals surface area contributed by atoms with E-state index in [2.05, 4.69) is 10.2 Å². The van der Waals surface area contributed by atoms with Gasteiger partial charge in [-0.05, 0) is 75.3 Å². The number of likely N-dealkylation sites (tertiary alicyclic amines) is 1. The maximum Gasteiger partial charge on any atom is 0.264 e. The molecule has 2 aromatic rings. The van der Waals surface area contributed by atoms with Crippen LogP contribution in [0.1, 0.15) is 32.1 Å². The number of hydrogen-bond acceptors (Lipinski definition) is 6. The van der Waals surface area contributed by atoms with Crippen LogP contribution >= 0.6 is 0 Å². The van der Waals surface area contributed by atoms with Gasteiger partial charge in [-0.15, -0.1) is 0 Å². The molecule has 0 unspecified atom stereocenters. The fourth-order valence-corrected chi connectivity index (χ4v) is 5.75. The highest BCUT2D eigenvalue weighted by Crippen LogP contribution is 2.34. The van der Waals surface area contributed by atoms with Gasteiger partial charge >= 0.3 is 0 Å². The van der Waals surface area contributed by atoms with Gasteiger partial charge in [-0.2, -0.15) is 0 Å². The van der Waals surface area contributed by atoms with E-state index in [1.54, 1.807) is 0 Å². The van der Waals surface area contributed by atoms with E-state index in [1.165, 1.54) is 68.1 Å². The van der Waals surface area contributed by atoms with E-state index in [4.69, 9.17) is 9.47 Å². The molecule has 1 fully saturated rings. The molecule has 0 atom stereocenters. The van der Waals surface area contributed by atoms with Gasteiger partial charge in [0.2, 0.25) is 5.91 Å². The number of sulfonamides is 1. The number of amides is 1. The summed E-state index contributed by atoms with van der Waals surface area (Å²) in [7, 11) is -4.14. The van der Waals surface area contributed by atoms with E-state index in [1.807, 2.05) is 0 Å². The fraction of sp³-hybridized carbons (Fsp3) is 0.480. The molecular formula is C25H32FN3O5S. The molecule has 0 radical (unpaired) electrons. The van der Waals surface area contributed by atoms with Crippen LogP contribution in [0.25, 0.3) is 0 Å². The van der Waals surface area contributed by atoms with Crippen LogP contribution in [0.2, 0.25) is 0 Å². The topological polar surface area (TPSA) is 88.2 Å². The van der Waals surface area contributed by atoms with E-state index >= 15 is 0 Å². The van der Waals surface area contributed by atoms with E-state index in [9.17, 15) is 17.6 Å². The van der Waals surface area contributed by atoms with Crippen molar-refractivity contribution in [1.82, 2.24) is 10.2 Å². The molecule has 1 amide bonds. The normalized spacial score (nSPS) is 16.4. The average molecular weight is 506 g/mol. The van der Waals surface area contributed by atoms with Crippen LogP contribution in [0, 0.1) is 5.82 Å². The average Bonchev–Trinajstić information content (AvgIpc) is 3.14. The maximum absolute atomic E-state index is 13.6. The summed E-state index contributed by atoms with van der Waals surface area (Å²) in [6.07, 6.45) is 5.74. The quantitative estimate of drug-likeness (QED) is 0.527. The van der Waals surface area contributed by atoms with Gasteiger partial charge in [0.15, 0.2) is 11.5 Å². The summed E-state index contributed by atoms with van der Waals surface area (Å²) in [4.78, 5) is 15.1. The van der Waals surface area contributed by atoms with Gasteiger partial charge in [0.1, 0.15) is 25.6 Å². The second kappa shape index (κ2) is 11.7. The third-order valence-electron chi connectivity index (χ3n) is 6.18. The zero-order valence-corrected chi connectivity index (χ0v) is 20.6. The first-order chi connectivity index (χ1) is 16.9. The van der Waals surface area contributed by atoms with Crippen molar-refractivity contribution < 1.29 is 27.1 Å². The molecule has 2 aromatic carbocycles. The van der Waals surface area contributed by atoms with Crippen molar-refractivity contribution in [2.24, 2.45) is 0 Å². The molecule has 8 nitrogen and oxygen atoms in total. The Morgan fingerprint density at radius 3 is 2.37 bits per heavy atom. The highest BCUT2D eigenvalue weighted by molar-refractivity contribution is 7.92. The Morgan fingerprint density at radius 2 is 1.66 bits per heavy atom. The van der Waals surface area contributed by atoms with Crippen LogP contribution in [-0.4, -0.2) is 65.2 Å². The van der Waals surface area contributed by atoms with Crippen LogP contribution in [0.5, 0.6) is 11.5 Å². The summed E-state index contributed by atoms with van der Waals surface area (Å²) in [6.45, 7) is 3.80. The molecule has 35 heavy (non-hydrogen) atoms. The van der Waals surface area contributed by atoms with Crippen molar-refractivity contribution in [2.45, 2.75) is 37.0 Å². The second-order valence-electron chi connectivity index (χ2n) is 8.75. The van der Waals surface area contributed by atoms with E-state index in [-0.39, 0.29) is 10.6 Å². The third-order valence-corrected chi connectivity index (χ3v) is 7.95. The zero-order valence-electron chi connectivity index (χ0n) is 19.7. The molecule has 0 aliphatic carbocycles. The number of benzene rings is 2. The minimum absolute atomic E-state index is 0.0416. The van der Waals surface area contributed by atoms with E-state index in [0.29, 0.717) is 31.3 Å². The molecule has 10 heteroatoms. The monoisotopic (exact) mass is 505 g/mol. The number of nitrogens with one attached hydrogen (secondary N) is 1. The molecular weight excluding hydrogens is 473 g/mol. The van der Waals surface area contributed by atoms with Gasteiger partial charge in [0.05, 0.1) is 10.6 Å². The van der Waals surface area contributed by atoms with Crippen LogP contribution in [-0.2, 0) is 14.8 Å². The summed E-state index contributed by atoms with van der Waals surface area (Å²) < 4.78 is 52.6. The number of ether oxygens (including phenoxy) is 2. The van der Waals surface area contributed by atoms with Gasteiger partial charge in [-0.3, -0.25) is 9.10 Å². The molecule has 0 spiro atoms. The van der Waals surface area contributed by atoms with Crippen LogP contribution in [0.15, 0.2) is 47.4 Å². The smallest absolute Gasteiger partial charge is 0.264 e. The number of nitrogens with zero attached hydrogens (tertiary/aromatic N) is 2. The number of hydrogen-bond donors (Lipinski definition) is 1. The Balaban J connectivity index is 1.44. The van der Waals surface area contributed by atoms with Gasteiger partial charge in [-0.1, -0.05) is 12.8 Å². The predicted molar refractivity (Wildman–Crippen MR) is 131 cm³/mol. The van der Waals surface area contributed by atoms with Crippen LogP contribution < -0.4 is 19.1 Å². The molecule has 2 aliphatic rings. The second-order valence-corrected chi connectivity index (χ2v) is 10.6. The van der Waals surface area contributed by atoms with Gasteiger partial charge in [0.25, 0.3) is 10.0 Å². The van der Waals surface area contributed by atoms with Crippen molar-refractivity contribution in [3.8, 4) is 11.5 Å². The molecule has 0 saturated carbocycles. The van der Waals surface area contributed by atoms with Crippen LogP contribution in [0.4, 0.5) is 10.1 Å². The first kappa shape index (κ1) is 25.2. The number of rotatable bonds is 9. The molecule has 0 aromatic heterocycles. The SMILES string of the molecule is O=C(CN(c1ccc(F)cc1)S(=O)(=O)c1ccc2c(c1)OCCO2)NCCCN1CCCCCC1. The Bertz CT molecular complexity index is 1100. The molecule has 0 bridgehead atoms. The number of anilines is 1. The minimum Gasteiger partial charge on any atom is -0.486 e. The van der Waals surface area contributed by atoms with Crippen molar-refractivity contribution >= 4 is 21.6 Å². The molecule has 4 rings (SSSR count). The first-order valence-electron chi connectivity index (χ1n) is 12.1. The van der Waals surface area contributed by atoms with Crippen molar-refractivity contribution in [3.63, 3.8) is 0 Å². The van der Waals surface area contributed by atoms with Crippen molar-refractivity contribution in [2.75, 3.05) is 50.2 Å². The Morgan fingerprint density at radius 1 is 0.971 bits per heavy atom. The predicted octanol–water partition coefficient (Wildman–Crippen LogP) is 3.17. The highest BCUT2D eigenvalue weighted by atomic mass is 32.2. The number of carbonyl (C=O) groups excluding carboxylic acids is 1. The van der Waals surface area contributed by atoms with Crippen molar-refractivity contribution in [1.29, 1.82) is 0 Å². The van der Waals surface area contributed by atoms with E-state index in [0.717, 1.165) is 30.4 Å². The number of carbonyl (C=O) groups is 1. The van der Waals surface area contributed by atoms with Crippen LogP contribution in [0.3, 0.4) is 0 Å². The summed E-state index contributed by atoms with van der Waals surface area (Å²) in [6, 6.07) is 9.36. The van der Waals surface area contributed by atoms with Gasteiger partial charge in [-0.25, -0.2) is 12.8 Å². The summed E-state index contributed by atoms with van der Waals surface area (Å²) in [5.74, 6) is -0.130. The summed E-state index contributed by atoms with van der Waals surface area (Å²) >= 11 is 0. The molecule has 1 N–H and O–H groups in total. The maximum atomic E-state index is 13.6. The number of halogens is 1. The zero-order chi connectivity index (χ0) is 24.7. The Hall–Kier alpha value is -2.85. The van der Waals surface area contributed by atoms with Gasteiger partial charge < -0.3 is 19.7 Å². The van der Waals surface area contributed by atoms with E-state index < -0.39 is 28.3 Å². The highest BCUT2D eigenvalue weighted by Gasteiger charge is 2.29. The molecule has 1 saturated heterocycles. The lowest BCUT2D eigenvalue weighted by Crippen LogP contribution is -2.41. The molecule has 2 aliphatic heterocycles. The standard InChI is InChI=1S/C25H32FN3O5S/c26-20-6-8-21(9-7-20)29(19-25(30)27-12-5-15-28-13-3-1-2-4-14-28)35(31,32)22-10-11-23-24(18-22)34-17-16-33-23/h6-11,18H,1-5,12-17,19H2,(H,27,30). The first-order valence-corrected chi connectivity index (χ1v) is 13.5. The third kappa shape index (κ3) is 6.64.